The van der Waals surface area contributed by atoms with E-state index >= 15 is 0 Å². The second kappa shape index (κ2) is 13.0. The van der Waals surface area contributed by atoms with Crippen molar-refractivity contribution in [3.05, 3.63) is 47.5 Å². The summed E-state index contributed by atoms with van der Waals surface area (Å²) in [4.78, 5) is 40.4. The van der Waals surface area contributed by atoms with Crippen LogP contribution in [0, 0.1) is 11.3 Å². The lowest BCUT2D eigenvalue weighted by Gasteiger charge is -2.40. The van der Waals surface area contributed by atoms with E-state index in [1.165, 1.54) is 11.8 Å². The molecule has 2 amide bonds. The molecule has 0 aromatic heterocycles. The number of hydrogen-bond acceptors (Lipinski definition) is 5. The number of nitrogens with one attached hydrogen (secondary N) is 2. The molecule has 0 fully saturated rings. The Balaban J connectivity index is 3.36. The molecule has 1 rings (SSSR count). The lowest BCUT2D eigenvalue weighted by Crippen LogP contribution is -2.62. The molecule has 0 aliphatic heterocycles. The quantitative estimate of drug-likeness (QED) is 0.326. The van der Waals surface area contributed by atoms with E-state index in [4.69, 9.17) is 0 Å². The molecule has 0 saturated carbocycles. The molecule has 0 saturated heterocycles. The number of carboxylic acids is 1. The van der Waals surface area contributed by atoms with Gasteiger partial charge in [0.2, 0.25) is 11.8 Å². The minimum atomic E-state index is -1.04. The highest BCUT2D eigenvalue weighted by Crippen LogP contribution is 2.29. The number of carbonyl (C=O) groups is 3. The zero-order valence-corrected chi connectivity index (χ0v) is 23.3. The maximum atomic E-state index is 13.8. The molecule has 3 atom stereocenters. The number of aliphatic carboxylic acids is 1. The first-order chi connectivity index (χ1) is 16.5. The fourth-order valence-corrected chi connectivity index (χ4v) is 4.22. The van der Waals surface area contributed by atoms with E-state index in [0.29, 0.717) is 0 Å². The Labute approximate surface area is 216 Å². The van der Waals surface area contributed by atoms with Gasteiger partial charge in [-0.15, -0.1) is 0 Å². The zero-order valence-electron chi connectivity index (χ0n) is 23.3. The van der Waals surface area contributed by atoms with E-state index in [-0.39, 0.29) is 36.5 Å². The number of aliphatic hydroxyl groups excluding tert-OH is 1. The van der Waals surface area contributed by atoms with Crippen molar-refractivity contribution in [2.75, 3.05) is 20.2 Å². The van der Waals surface area contributed by atoms with Crippen molar-refractivity contribution < 1.29 is 24.6 Å². The number of hydrogen-bond donors (Lipinski definition) is 4. The van der Waals surface area contributed by atoms with Crippen molar-refractivity contribution in [2.45, 2.75) is 78.9 Å². The number of carboxylic acid groups (broad SMARTS) is 1. The summed E-state index contributed by atoms with van der Waals surface area (Å²) >= 11 is 0. The zero-order chi connectivity index (χ0) is 27.8. The van der Waals surface area contributed by atoms with Gasteiger partial charge in [-0.2, -0.15) is 0 Å². The van der Waals surface area contributed by atoms with Gasteiger partial charge in [0.25, 0.3) is 0 Å². The molecule has 0 aliphatic rings. The van der Waals surface area contributed by atoms with Crippen molar-refractivity contribution in [1.29, 1.82) is 0 Å². The molecular formula is C28H45N3O5. The van der Waals surface area contributed by atoms with Gasteiger partial charge in [-0.25, -0.2) is 4.79 Å². The van der Waals surface area contributed by atoms with Crippen LogP contribution in [-0.4, -0.2) is 71.2 Å². The Bertz CT molecular complexity index is 919. The average Bonchev–Trinajstić information content (AvgIpc) is 2.79. The van der Waals surface area contributed by atoms with Crippen LogP contribution in [-0.2, 0) is 19.8 Å². The highest BCUT2D eigenvalue weighted by molar-refractivity contribution is 5.91. The summed E-state index contributed by atoms with van der Waals surface area (Å²) in [5.41, 5.74) is -0.158. The van der Waals surface area contributed by atoms with Gasteiger partial charge in [0, 0.05) is 24.6 Å². The molecule has 0 heterocycles. The topological polar surface area (TPSA) is 119 Å². The summed E-state index contributed by atoms with van der Waals surface area (Å²) in [6.45, 7) is 15.0. The largest absolute Gasteiger partial charge is 0.478 e. The SMILES string of the molecule is C/C(=C\[C@H](C(C)C)N(C)C(=O)[C@@H](NC(=O)[C@@H](NCCO)C(C)(C)c1ccccc1)C(C)(C)C)C(=O)O. The first-order valence-corrected chi connectivity index (χ1v) is 12.4. The van der Waals surface area contributed by atoms with E-state index in [1.54, 1.807) is 13.1 Å². The van der Waals surface area contributed by atoms with Gasteiger partial charge in [0.1, 0.15) is 6.04 Å². The first kappa shape index (κ1) is 31.3. The van der Waals surface area contributed by atoms with Crippen molar-refractivity contribution in [2.24, 2.45) is 11.3 Å². The Morgan fingerprint density at radius 1 is 1.03 bits per heavy atom. The number of benzene rings is 1. The third kappa shape index (κ3) is 8.17. The lowest BCUT2D eigenvalue weighted by atomic mass is 9.76. The monoisotopic (exact) mass is 503 g/mol. The molecule has 1 aromatic rings. The Kier molecular flexibility index (Phi) is 11.3. The molecule has 0 aliphatic carbocycles. The first-order valence-electron chi connectivity index (χ1n) is 12.4. The molecule has 4 N–H and O–H groups in total. The van der Waals surface area contributed by atoms with E-state index in [0.717, 1.165) is 5.56 Å². The molecular weight excluding hydrogens is 458 g/mol. The Morgan fingerprint density at radius 3 is 2.03 bits per heavy atom. The summed E-state index contributed by atoms with van der Waals surface area (Å²) in [6, 6.07) is 7.59. The van der Waals surface area contributed by atoms with E-state index in [9.17, 15) is 24.6 Å². The average molecular weight is 504 g/mol. The summed E-state index contributed by atoms with van der Waals surface area (Å²) in [7, 11) is 1.64. The fraction of sp³-hybridized carbons (Fsp3) is 0.607. The van der Waals surface area contributed by atoms with Crippen molar-refractivity contribution in [1.82, 2.24) is 15.5 Å². The second-order valence-corrected chi connectivity index (χ2v) is 11.3. The van der Waals surface area contributed by atoms with Crippen LogP contribution in [0.15, 0.2) is 42.0 Å². The minimum Gasteiger partial charge on any atom is -0.478 e. The van der Waals surface area contributed by atoms with Crippen LogP contribution < -0.4 is 10.6 Å². The fourth-order valence-electron chi connectivity index (χ4n) is 4.22. The number of carbonyl (C=O) groups excluding carboxylic acids is 2. The summed E-state index contributed by atoms with van der Waals surface area (Å²) in [5, 5.41) is 24.9. The van der Waals surface area contributed by atoms with Gasteiger partial charge in [-0.1, -0.05) is 84.9 Å². The normalized spacial score (nSPS) is 15.2. The molecule has 8 heteroatoms. The van der Waals surface area contributed by atoms with Crippen molar-refractivity contribution >= 4 is 17.8 Å². The van der Waals surface area contributed by atoms with Gasteiger partial charge in [-0.3, -0.25) is 9.59 Å². The van der Waals surface area contributed by atoms with Gasteiger partial charge >= 0.3 is 5.97 Å². The van der Waals surface area contributed by atoms with Gasteiger partial charge in [0.15, 0.2) is 0 Å². The number of amides is 2. The number of aliphatic hydroxyl groups is 1. The molecule has 0 radical (unpaired) electrons. The van der Waals surface area contributed by atoms with Crippen molar-refractivity contribution in [3.8, 4) is 0 Å². The van der Waals surface area contributed by atoms with E-state index < -0.39 is 34.9 Å². The van der Waals surface area contributed by atoms with Crippen LogP contribution in [0.25, 0.3) is 0 Å². The van der Waals surface area contributed by atoms with Crippen LogP contribution in [0.2, 0.25) is 0 Å². The lowest BCUT2D eigenvalue weighted by molar-refractivity contribution is -0.141. The number of rotatable bonds is 12. The minimum absolute atomic E-state index is 0.0412. The number of likely N-dealkylation sites (N-methyl/N-ethyl adjacent to an activating group) is 1. The van der Waals surface area contributed by atoms with E-state index in [2.05, 4.69) is 10.6 Å². The number of nitrogens with zero attached hydrogens (tertiary/aromatic N) is 1. The predicted molar refractivity (Wildman–Crippen MR) is 143 cm³/mol. The standard InChI is InChI=1S/C28H45N3O5/c1-18(2)21(17-19(3)26(35)36)31(9)25(34)23(27(4,5)6)30-24(33)22(29-15-16-32)28(7,8)20-13-11-10-12-14-20/h10-14,17-18,21-23,29,32H,15-16H2,1-9H3,(H,30,33)(H,35,36)/b19-17+/t21-,22-,23-/m1/s1. The Hall–Kier alpha value is -2.71. The predicted octanol–water partition coefficient (Wildman–Crippen LogP) is 2.96. The molecule has 0 unspecified atom stereocenters. The third-order valence-corrected chi connectivity index (χ3v) is 6.60. The summed E-state index contributed by atoms with van der Waals surface area (Å²) in [5.74, 6) is -1.73. The van der Waals surface area contributed by atoms with Crippen LogP contribution in [0.1, 0.15) is 61.0 Å². The molecule has 0 spiro atoms. The molecule has 202 valence electrons. The summed E-state index contributed by atoms with van der Waals surface area (Å²) in [6.07, 6.45) is 1.58. The van der Waals surface area contributed by atoms with Crippen molar-refractivity contribution in [3.63, 3.8) is 0 Å². The van der Waals surface area contributed by atoms with Crippen LogP contribution >= 0.6 is 0 Å². The van der Waals surface area contributed by atoms with E-state index in [1.807, 2.05) is 78.8 Å². The third-order valence-electron chi connectivity index (χ3n) is 6.60. The smallest absolute Gasteiger partial charge is 0.331 e. The Morgan fingerprint density at radius 2 is 1.58 bits per heavy atom. The highest BCUT2D eigenvalue weighted by Gasteiger charge is 2.42. The molecule has 36 heavy (non-hydrogen) atoms. The molecule has 1 aromatic carbocycles. The van der Waals surface area contributed by atoms with Gasteiger partial charge < -0.3 is 25.7 Å². The molecule has 0 bridgehead atoms. The van der Waals surface area contributed by atoms with Gasteiger partial charge in [0.05, 0.1) is 18.7 Å². The van der Waals surface area contributed by atoms with Crippen LogP contribution in [0.3, 0.4) is 0 Å². The second-order valence-electron chi connectivity index (χ2n) is 11.3. The maximum absolute atomic E-state index is 13.8. The highest BCUT2D eigenvalue weighted by atomic mass is 16.4. The summed E-state index contributed by atoms with van der Waals surface area (Å²) < 4.78 is 0. The van der Waals surface area contributed by atoms with Gasteiger partial charge in [-0.05, 0) is 23.8 Å². The van der Waals surface area contributed by atoms with Crippen LogP contribution in [0.5, 0.6) is 0 Å². The molecule has 8 nitrogen and oxygen atoms in total. The maximum Gasteiger partial charge on any atom is 0.331 e. The van der Waals surface area contributed by atoms with Crippen LogP contribution in [0.4, 0.5) is 0 Å².